The Labute approximate surface area is 118 Å². The second kappa shape index (κ2) is 5.19. The molecule has 2 rings (SSSR count). The summed E-state index contributed by atoms with van der Waals surface area (Å²) in [6, 6.07) is 13.6. The molecular weight excluding hydrogens is 260 g/mol. The number of nitrogens with zero attached hydrogens (tertiary/aromatic N) is 1. The molecule has 0 saturated carbocycles. The molecule has 2 aromatic rings. The molecule has 1 N–H and O–H groups in total. The minimum atomic E-state index is -0.398. The van der Waals surface area contributed by atoms with E-state index in [4.69, 9.17) is 11.8 Å². The van der Waals surface area contributed by atoms with Crippen LogP contribution < -0.4 is 4.94 Å². The van der Waals surface area contributed by atoms with E-state index in [2.05, 4.69) is 4.94 Å². The number of carbonyl (C=O) groups excluding carboxylic acids is 1. The average Bonchev–Trinajstić information content (AvgIpc) is 2.37. The van der Waals surface area contributed by atoms with Crippen LogP contribution in [0.25, 0.3) is 10.8 Å². The van der Waals surface area contributed by atoms with E-state index >= 15 is 0 Å². The van der Waals surface area contributed by atoms with Gasteiger partial charge in [-0.15, -0.1) is 4.94 Å². The van der Waals surface area contributed by atoms with Gasteiger partial charge in [-0.05, 0) is 55.5 Å². The number of hydrogen-bond donors (Lipinski definition) is 1. The molecule has 0 radical (unpaired) electrons. The van der Waals surface area contributed by atoms with Crippen LogP contribution in [0.5, 0.6) is 0 Å². The van der Waals surface area contributed by atoms with E-state index in [1.54, 1.807) is 0 Å². The van der Waals surface area contributed by atoms with Crippen molar-refractivity contribution in [2.24, 2.45) is 0 Å². The van der Waals surface area contributed by atoms with Crippen LogP contribution in [0.15, 0.2) is 42.5 Å². The Kier molecular flexibility index (Phi) is 3.78. The highest BCUT2D eigenvalue weighted by atomic mass is 35.5. The van der Waals surface area contributed by atoms with Gasteiger partial charge in [-0.25, -0.2) is 0 Å². The van der Waals surface area contributed by atoms with Crippen LogP contribution in [-0.4, -0.2) is 16.5 Å². The lowest BCUT2D eigenvalue weighted by molar-refractivity contribution is 0.0516. The number of halogens is 1. The number of rotatable bonds is 2. The molecule has 0 unspecified atom stereocenters. The summed E-state index contributed by atoms with van der Waals surface area (Å²) in [4.78, 5) is 14.9. The van der Waals surface area contributed by atoms with Crippen LogP contribution in [-0.2, 0) is 0 Å². The number of nitrogens with one attached hydrogen (secondary N) is 1. The molecule has 1 amide bonds. The molecule has 0 heterocycles. The fourth-order valence-corrected chi connectivity index (χ4v) is 2.25. The number of hydrazine groups is 1. The van der Waals surface area contributed by atoms with E-state index in [1.807, 2.05) is 63.2 Å². The summed E-state index contributed by atoms with van der Waals surface area (Å²) in [6.07, 6.45) is 0. The zero-order valence-corrected chi connectivity index (χ0v) is 12.0. The van der Waals surface area contributed by atoms with E-state index in [9.17, 15) is 4.79 Å². The fourth-order valence-electron chi connectivity index (χ4n) is 1.92. The maximum absolute atomic E-state index is 12.4. The third-order valence-electron chi connectivity index (χ3n) is 2.95. The zero-order chi connectivity index (χ0) is 14.0. The van der Waals surface area contributed by atoms with Crippen molar-refractivity contribution in [1.29, 1.82) is 0 Å². The van der Waals surface area contributed by atoms with Gasteiger partial charge in [0, 0.05) is 5.56 Å². The molecule has 0 aliphatic rings. The Morgan fingerprint density at radius 2 is 1.74 bits per heavy atom. The van der Waals surface area contributed by atoms with Gasteiger partial charge in [0.05, 0.1) is 5.54 Å². The summed E-state index contributed by atoms with van der Waals surface area (Å²) in [6.45, 7) is 5.75. The predicted molar refractivity (Wildman–Crippen MR) is 78.9 cm³/mol. The molecule has 0 fully saturated rings. The Morgan fingerprint density at radius 1 is 1.11 bits per heavy atom. The van der Waals surface area contributed by atoms with Crippen molar-refractivity contribution in [3.8, 4) is 0 Å². The van der Waals surface area contributed by atoms with Crippen molar-refractivity contribution in [3.63, 3.8) is 0 Å². The van der Waals surface area contributed by atoms with Crippen molar-refractivity contribution in [2.45, 2.75) is 26.3 Å². The molecule has 4 heteroatoms. The standard InChI is InChI=1S/C15H17ClN2O/c1-15(2,3)18(17-16)14(19)13-9-8-11-6-4-5-7-12(11)10-13/h4-10,17H,1-3H3. The van der Waals surface area contributed by atoms with Gasteiger partial charge in [-0.1, -0.05) is 30.3 Å². The van der Waals surface area contributed by atoms with Crippen LogP contribution >= 0.6 is 11.8 Å². The number of hydrogen-bond acceptors (Lipinski definition) is 2. The van der Waals surface area contributed by atoms with Gasteiger partial charge in [0.25, 0.3) is 5.91 Å². The lowest BCUT2D eigenvalue weighted by Crippen LogP contribution is -2.50. The monoisotopic (exact) mass is 276 g/mol. The predicted octanol–water partition coefficient (Wildman–Crippen LogP) is 3.74. The molecule has 2 aromatic carbocycles. The topological polar surface area (TPSA) is 32.3 Å². The number of benzene rings is 2. The third kappa shape index (κ3) is 2.88. The largest absolute Gasteiger partial charge is 0.269 e. The molecule has 3 nitrogen and oxygen atoms in total. The molecule has 100 valence electrons. The second-order valence-corrected chi connectivity index (χ2v) is 5.63. The first kappa shape index (κ1) is 13.8. The molecule has 0 aliphatic heterocycles. The van der Waals surface area contributed by atoms with E-state index < -0.39 is 5.54 Å². The van der Waals surface area contributed by atoms with Crippen molar-refractivity contribution in [3.05, 3.63) is 48.0 Å². The third-order valence-corrected chi connectivity index (χ3v) is 3.12. The quantitative estimate of drug-likeness (QED) is 0.669. The average molecular weight is 277 g/mol. The smallest absolute Gasteiger partial charge is 0.268 e. The van der Waals surface area contributed by atoms with Gasteiger partial charge in [0.1, 0.15) is 0 Å². The summed E-state index contributed by atoms with van der Waals surface area (Å²) in [5.41, 5.74) is 0.214. The SMILES string of the molecule is CC(C)(C)N(NCl)C(=O)c1ccc2ccccc2c1. The Hall–Kier alpha value is -1.58. The van der Waals surface area contributed by atoms with E-state index in [-0.39, 0.29) is 5.91 Å². The summed E-state index contributed by atoms with van der Waals surface area (Å²) >= 11 is 5.67. The van der Waals surface area contributed by atoms with Gasteiger partial charge in [0.15, 0.2) is 0 Å². The van der Waals surface area contributed by atoms with Gasteiger partial charge >= 0.3 is 0 Å². The highest BCUT2D eigenvalue weighted by molar-refractivity contribution is 6.14. The summed E-state index contributed by atoms with van der Waals surface area (Å²) in [7, 11) is 0. The van der Waals surface area contributed by atoms with E-state index in [0.29, 0.717) is 5.56 Å². The Bertz CT molecular complexity index is 604. The zero-order valence-electron chi connectivity index (χ0n) is 11.3. The molecule has 0 aromatic heterocycles. The van der Waals surface area contributed by atoms with Gasteiger partial charge in [-0.2, -0.15) is 0 Å². The van der Waals surface area contributed by atoms with Crippen LogP contribution in [0, 0.1) is 0 Å². The van der Waals surface area contributed by atoms with Gasteiger partial charge in [0.2, 0.25) is 0 Å². The van der Waals surface area contributed by atoms with Crippen LogP contribution in [0.3, 0.4) is 0 Å². The summed E-state index contributed by atoms with van der Waals surface area (Å²) in [5, 5.41) is 3.57. The first-order chi connectivity index (χ1) is 8.93. The second-order valence-electron chi connectivity index (χ2n) is 5.46. The van der Waals surface area contributed by atoms with E-state index in [1.165, 1.54) is 5.01 Å². The number of fused-ring (bicyclic) bond motifs is 1. The number of carbonyl (C=O) groups is 1. The van der Waals surface area contributed by atoms with Crippen LogP contribution in [0.4, 0.5) is 0 Å². The minimum Gasteiger partial charge on any atom is -0.268 e. The molecular formula is C15H17ClN2O. The van der Waals surface area contributed by atoms with E-state index in [0.717, 1.165) is 10.8 Å². The maximum atomic E-state index is 12.4. The maximum Gasteiger partial charge on any atom is 0.269 e. The summed E-state index contributed by atoms with van der Waals surface area (Å²) < 4.78 is 0. The van der Waals surface area contributed by atoms with Crippen molar-refractivity contribution >= 4 is 28.5 Å². The summed E-state index contributed by atoms with van der Waals surface area (Å²) in [5.74, 6) is -0.145. The van der Waals surface area contributed by atoms with Crippen molar-refractivity contribution in [2.75, 3.05) is 0 Å². The Balaban J connectivity index is 2.41. The number of amides is 1. The van der Waals surface area contributed by atoms with Gasteiger partial charge < -0.3 is 0 Å². The molecule has 0 atom stereocenters. The highest BCUT2D eigenvalue weighted by Gasteiger charge is 2.27. The first-order valence-corrected chi connectivity index (χ1v) is 6.51. The molecule has 0 aliphatic carbocycles. The lowest BCUT2D eigenvalue weighted by atomic mass is 10.0. The highest BCUT2D eigenvalue weighted by Crippen LogP contribution is 2.19. The fraction of sp³-hybridized carbons (Fsp3) is 0.267. The van der Waals surface area contributed by atoms with Crippen LogP contribution in [0.1, 0.15) is 31.1 Å². The van der Waals surface area contributed by atoms with Crippen LogP contribution in [0.2, 0.25) is 0 Å². The first-order valence-electron chi connectivity index (χ1n) is 6.13. The van der Waals surface area contributed by atoms with Gasteiger partial charge in [-0.3, -0.25) is 9.80 Å². The van der Waals surface area contributed by atoms with Crippen molar-refractivity contribution in [1.82, 2.24) is 9.95 Å². The lowest BCUT2D eigenvalue weighted by Gasteiger charge is -2.33. The normalized spacial score (nSPS) is 11.6. The molecule has 19 heavy (non-hydrogen) atoms. The molecule has 0 bridgehead atoms. The Morgan fingerprint density at radius 3 is 2.32 bits per heavy atom. The minimum absolute atomic E-state index is 0.145. The molecule has 0 saturated heterocycles. The molecule has 0 spiro atoms. The van der Waals surface area contributed by atoms with Crippen molar-refractivity contribution < 1.29 is 4.79 Å².